The number of carbonyl (C=O) groups is 2. The normalized spacial score (nSPS) is 12.6. The number of halogens is 1. The molecule has 0 bridgehead atoms. The van der Waals surface area contributed by atoms with Crippen molar-refractivity contribution >= 4 is 43.5 Å². The van der Waals surface area contributed by atoms with Gasteiger partial charge in [0.25, 0.3) is 10.0 Å². The molecule has 0 fully saturated rings. The summed E-state index contributed by atoms with van der Waals surface area (Å²) < 4.78 is 30.2. The number of nitrogens with one attached hydrogen (secondary N) is 1. The number of sulfonamides is 1. The van der Waals surface area contributed by atoms with E-state index in [-0.39, 0.29) is 29.8 Å². The van der Waals surface area contributed by atoms with Crippen molar-refractivity contribution in [1.29, 1.82) is 0 Å². The lowest BCUT2D eigenvalue weighted by atomic mass is 10.0. The van der Waals surface area contributed by atoms with Crippen molar-refractivity contribution in [2.24, 2.45) is 0 Å². The number of aryl methyl sites for hydroxylation is 1. The summed E-state index contributed by atoms with van der Waals surface area (Å²) in [6.45, 7) is 5.33. The maximum Gasteiger partial charge on any atom is 0.264 e. The third kappa shape index (κ3) is 8.36. The second-order valence-corrected chi connectivity index (χ2v) is 13.6. The quantitative estimate of drug-likeness (QED) is 0.175. The van der Waals surface area contributed by atoms with E-state index in [1.807, 2.05) is 87.5 Å². The van der Waals surface area contributed by atoms with Crippen LogP contribution in [0.5, 0.6) is 0 Å². The highest BCUT2D eigenvalue weighted by molar-refractivity contribution is 9.10. The number of hydrogen-bond acceptors (Lipinski definition) is 4. The van der Waals surface area contributed by atoms with Gasteiger partial charge in [-0.25, -0.2) is 8.42 Å². The summed E-state index contributed by atoms with van der Waals surface area (Å²) in [5.74, 6) is -0.784. The minimum atomic E-state index is -4.13. The van der Waals surface area contributed by atoms with Crippen molar-refractivity contribution in [3.63, 3.8) is 0 Å². The van der Waals surface area contributed by atoms with Gasteiger partial charge in [-0.3, -0.25) is 13.9 Å². The van der Waals surface area contributed by atoms with Gasteiger partial charge in [-0.2, -0.15) is 0 Å². The van der Waals surface area contributed by atoms with Gasteiger partial charge in [0, 0.05) is 23.5 Å². The Morgan fingerprint density at radius 1 is 0.841 bits per heavy atom. The molecule has 0 aromatic heterocycles. The van der Waals surface area contributed by atoms with Crippen LogP contribution >= 0.6 is 15.9 Å². The minimum absolute atomic E-state index is 0.0740. The number of carbonyl (C=O) groups excluding carboxylic acids is 2. The molecule has 0 aliphatic rings. The van der Waals surface area contributed by atoms with Crippen LogP contribution in [0, 0.1) is 6.92 Å². The first kappa shape index (κ1) is 33.0. The summed E-state index contributed by atoms with van der Waals surface area (Å²) in [4.78, 5) is 30.0. The molecular formula is C35H38BrN3O4S. The lowest BCUT2D eigenvalue weighted by Crippen LogP contribution is -2.54. The zero-order valence-electron chi connectivity index (χ0n) is 25.2. The fourth-order valence-electron chi connectivity index (χ4n) is 4.90. The molecule has 0 heterocycles. The summed E-state index contributed by atoms with van der Waals surface area (Å²) in [6.07, 6.45) is 0.985. The number of amides is 2. The molecule has 44 heavy (non-hydrogen) atoms. The van der Waals surface area contributed by atoms with E-state index in [4.69, 9.17) is 0 Å². The van der Waals surface area contributed by atoms with E-state index in [0.29, 0.717) is 11.3 Å². The Bertz CT molecular complexity index is 1670. The second-order valence-electron chi connectivity index (χ2n) is 10.8. The molecule has 1 N–H and O–H groups in total. The summed E-state index contributed by atoms with van der Waals surface area (Å²) in [7, 11) is -4.13. The molecular weight excluding hydrogens is 638 g/mol. The van der Waals surface area contributed by atoms with Crippen molar-refractivity contribution < 1.29 is 18.0 Å². The highest BCUT2D eigenvalue weighted by atomic mass is 79.9. The highest BCUT2D eigenvalue weighted by Gasteiger charge is 2.35. The van der Waals surface area contributed by atoms with E-state index in [0.717, 1.165) is 26.3 Å². The van der Waals surface area contributed by atoms with E-state index in [1.165, 1.54) is 17.0 Å². The van der Waals surface area contributed by atoms with Gasteiger partial charge in [0.15, 0.2) is 0 Å². The number of benzene rings is 4. The average molecular weight is 677 g/mol. The van der Waals surface area contributed by atoms with Crippen LogP contribution in [-0.2, 0) is 32.6 Å². The van der Waals surface area contributed by atoms with Gasteiger partial charge in [-0.05, 0) is 67.3 Å². The molecule has 230 valence electrons. The summed E-state index contributed by atoms with van der Waals surface area (Å²) in [5, 5.41) is 3.06. The van der Waals surface area contributed by atoms with E-state index in [2.05, 4.69) is 21.2 Å². The number of anilines is 1. The molecule has 2 amide bonds. The number of rotatable bonds is 13. The van der Waals surface area contributed by atoms with Gasteiger partial charge < -0.3 is 10.2 Å². The first-order valence-electron chi connectivity index (χ1n) is 14.6. The maximum atomic E-state index is 14.5. The molecule has 4 aromatic carbocycles. The number of hydrogen-bond donors (Lipinski definition) is 1. The van der Waals surface area contributed by atoms with Gasteiger partial charge in [0.2, 0.25) is 11.8 Å². The Morgan fingerprint density at radius 2 is 1.45 bits per heavy atom. The Balaban J connectivity index is 1.81. The monoisotopic (exact) mass is 675 g/mol. The molecule has 4 aromatic rings. The lowest BCUT2D eigenvalue weighted by Gasteiger charge is -2.34. The molecule has 4 rings (SSSR count). The molecule has 0 aliphatic heterocycles. The average Bonchev–Trinajstić information content (AvgIpc) is 3.02. The van der Waals surface area contributed by atoms with Gasteiger partial charge in [0.05, 0.1) is 10.6 Å². The Hall–Kier alpha value is -3.95. The summed E-state index contributed by atoms with van der Waals surface area (Å²) in [5.41, 5.74) is 2.79. The predicted molar refractivity (Wildman–Crippen MR) is 179 cm³/mol. The summed E-state index contributed by atoms with van der Waals surface area (Å²) >= 11 is 3.51. The Kier molecular flexibility index (Phi) is 11.4. The third-order valence-electron chi connectivity index (χ3n) is 7.51. The van der Waals surface area contributed by atoms with Gasteiger partial charge in [0.1, 0.15) is 12.6 Å². The van der Waals surface area contributed by atoms with Crippen LogP contribution in [0.15, 0.2) is 119 Å². The van der Waals surface area contributed by atoms with Crippen molar-refractivity contribution in [2.75, 3.05) is 10.8 Å². The van der Waals surface area contributed by atoms with E-state index in [1.54, 1.807) is 30.3 Å². The molecule has 0 saturated carbocycles. The van der Waals surface area contributed by atoms with Crippen molar-refractivity contribution in [3.05, 3.63) is 130 Å². The maximum absolute atomic E-state index is 14.5. The van der Waals surface area contributed by atoms with Crippen molar-refractivity contribution in [1.82, 2.24) is 10.2 Å². The van der Waals surface area contributed by atoms with Gasteiger partial charge in [-0.15, -0.1) is 0 Å². The zero-order valence-corrected chi connectivity index (χ0v) is 27.6. The Labute approximate surface area is 269 Å². The zero-order chi connectivity index (χ0) is 31.7. The fourth-order valence-corrected chi connectivity index (χ4v) is 6.85. The number of nitrogens with zero attached hydrogens (tertiary/aromatic N) is 2. The first-order chi connectivity index (χ1) is 21.1. The van der Waals surface area contributed by atoms with Crippen LogP contribution in [0.1, 0.15) is 37.0 Å². The molecule has 0 saturated heterocycles. The topological polar surface area (TPSA) is 86.8 Å². The van der Waals surface area contributed by atoms with Crippen LogP contribution in [0.25, 0.3) is 0 Å². The smallest absolute Gasteiger partial charge is 0.264 e. The van der Waals surface area contributed by atoms with E-state index in [9.17, 15) is 18.0 Å². The standard InChI is InChI=1S/C35H38BrN3O4S/c1-4-27(3)37-35(41)33(23-28-15-7-5-8-16-28)38(24-29-17-13-18-30(36)22-29)34(40)25-39(32-21-12-11-14-26(32)2)44(42,43)31-19-9-6-10-20-31/h5-22,27,33H,4,23-25H2,1-3H3,(H,37,41)/t27-,33+/m1/s1. The molecule has 7 nitrogen and oxygen atoms in total. The van der Waals surface area contributed by atoms with Crippen LogP contribution in [0.3, 0.4) is 0 Å². The molecule has 0 unspecified atom stereocenters. The van der Waals surface area contributed by atoms with Crippen molar-refractivity contribution in [2.45, 2.75) is 57.1 Å². The molecule has 0 aliphatic carbocycles. The van der Waals surface area contributed by atoms with Crippen LogP contribution in [-0.4, -0.2) is 43.8 Å². The Morgan fingerprint density at radius 3 is 2.09 bits per heavy atom. The van der Waals surface area contributed by atoms with Crippen LogP contribution in [0.4, 0.5) is 5.69 Å². The second kappa shape index (κ2) is 15.2. The molecule has 2 atom stereocenters. The largest absolute Gasteiger partial charge is 0.352 e. The minimum Gasteiger partial charge on any atom is -0.352 e. The van der Waals surface area contributed by atoms with E-state index >= 15 is 0 Å². The lowest BCUT2D eigenvalue weighted by molar-refractivity contribution is -0.140. The van der Waals surface area contributed by atoms with E-state index < -0.39 is 28.5 Å². The SMILES string of the molecule is CC[C@@H](C)NC(=O)[C@H](Cc1ccccc1)N(Cc1cccc(Br)c1)C(=O)CN(c1ccccc1C)S(=O)(=O)c1ccccc1. The third-order valence-corrected chi connectivity index (χ3v) is 9.78. The fraction of sp³-hybridized carbons (Fsp3) is 0.257. The molecule has 0 spiro atoms. The molecule has 0 radical (unpaired) electrons. The van der Waals surface area contributed by atoms with Crippen molar-refractivity contribution in [3.8, 4) is 0 Å². The van der Waals surface area contributed by atoms with Gasteiger partial charge in [-0.1, -0.05) is 102 Å². The summed E-state index contributed by atoms with van der Waals surface area (Å²) in [6, 6.07) is 31.2. The predicted octanol–water partition coefficient (Wildman–Crippen LogP) is 6.51. The number of para-hydroxylation sites is 1. The highest BCUT2D eigenvalue weighted by Crippen LogP contribution is 2.28. The molecule has 9 heteroatoms. The first-order valence-corrected chi connectivity index (χ1v) is 16.8. The van der Waals surface area contributed by atoms with Crippen LogP contribution < -0.4 is 9.62 Å². The van der Waals surface area contributed by atoms with Gasteiger partial charge >= 0.3 is 0 Å². The van der Waals surface area contributed by atoms with Crippen LogP contribution in [0.2, 0.25) is 0 Å².